The Bertz CT molecular complexity index is 1210. The number of allylic oxidation sites excluding steroid dienone is 2. The van der Waals surface area contributed by atoms with Crippen molar-refractivity contribution in [1.82, 2.24) is 5.32 Å². The number of nitriles is 1. The van der Waals surface area contributed by atoms with E-state index in [2.05, 4.69) is 23.3 Å². The highest BCUT2D eigenvalue weighted by Crippen LogP contribution is 2.41. The van der Waals surface area contributed by atoms with Crippen LogP contribution in [0, 0.1) is 11.3 Å². The quantitative estimate of drug-likeness (QED) is 0.356. The predicted octanol–water partition coefficient (Wildman–Crippen LogP) is 5.15. The highest BCUT2D eigenvalue weighted by atomic mass is 35.5. The van der Waals surface area contributed by atoms with Gasteiger partial charge < -0.3 is 20.1 Å². The summed E-state index contributed by atoms with van der Waals surface area (Å²) >= 11 is 7.24. The SMILES string of the molecule is C=CCOC(=O)C1=C(C)NC(SCC(=O)Nc2ccc(OC)cc2)=C(C#N)C1c1ccc(Cl)cc1. The van der Waals surface area contributed by atoms with E-state index in [-0.39, 0.29) is 18.3 Å². The van der Waals surface area contributed by atoms with E-state index in [1.54, 1.807) is 62.6 Å². The smallest absolute Gasteiger partial charge is 0.337 e. The molecule has 1 unspecified atom stereocenters. The van der Waals surface area contributed by atoms with Crippen LogP contribution in [0.3, 0.4) is 0 Å². The van der Waals surface area contributed by atoms with Gasteiger partial charge in [-0.25, -0.2) is 4.79 Å². The Kier molecular flexibility index (Phi) is 9.01. The summed E-state index contributed by atoms with van der Waals surface area (Å²) in [5, 5.41) is 17.0. The van der Waals surface area contributed by atoms with Crippen molar-refractivity contribution in [2.45, 2.75) is 12.8 Å². The van der Waals surface area contributed by atoms with Crippen LogP contribution in [0.1, 0.15) is 18.4 Å². The standard InChI is InChI=1S/C26H24ClN3O4S/c1-4-13-34-26(32)23-16(2)29-25(21(14-28)24(23)17-5-7-18(27)8-6-17)35-15-22(31)30-19-9-11-20(33-3)12-10-19/h4-12,24,29H,1,13,15H2,2-3H3,(H,30,31). The molecule has 1 aliphatic heterocycles. The second kappa shape index (κ2) is 12.2. The van der Waals surface area contributed by atoms with Crippen LogP contribution >= 0.6 is 23.4 Å². The number of nitrogens with zero attached hydrogens (tertiary/aromatic N) is 1. The molecule has 0 bridgehead atoms. The van der Waals surface area contributed by atoms with Crippen molar-refractivity contribution in [3.05, 3.63) is 93.6 Å². The third-order valence-corrected chi connectivity index (χ3v) is 6.39. The summed E-state index contributed by atoms with van der Waals surface area (Å²) in [5.74, 6) is -0.735. The van der Waals surface area contributed by atoms with Crippen molar-refractivity contribution in [3.8, 4) is 11.8 Å². The summed E-state index contributed by atoms with van der Waals surface area (Å²) in [6.45, 7) is 5.35. The molecule has 7 nitrogen and oxygen atoms in total. The van der Waals surface area contributed by atoms with E-state index in [1.165, 1.54) is 17.8 Å². The lowest BCUT2D eigenvalue weighted by Gasteiger charge is -2.29. The molecule has 0 aromatic heterocycles. The number of benzene rings is 2. The molecule has 0 spiro atoms. The van der Waals surface area contributed by atoms with E-state index in [4.69, 9.17) is 21.1 Å². The first-order valence-corrected chi connectivity index (χ1v) is 12.0. The largest absolute Gasteiger partial charge is 0.497 e. The van der Waals surface area contributed by atoms with E-state index in [9.17, 15) is 14.9 Å². The molecule has 2 aromatic carbocycles. The Morgan fingerprint density at radius 2 is 1.91 bits per heavy atom. The number of hydrogen-bond donors (Lipinski definition) is 2. The first-order chi connectivity index (χ1) is 16.9. The summed E-state index contributed by atoms with van der Waals surface area (Å²) < 4.78 is 10.4. The lowest BCUT2D eigenvalue weighted by Crippen LogP contribution is -2.29. The molecule has 0 saturated carbocycles. The van der Waals surface area contributed by atoms with Crippen LogP contribution in [-0.2, 0) is 14.3 Å². The summed E-state index contributed by atoms with van der Waals surface area (Å²) in [7, 11) is 1.57. The number of esters is 1. The highest BCUT2D eigenvalue weighted by Gasteiger charge is 2.35. The van der Waals surface area contributed by atoms with Crippen LogP contribution in [0.2, 0.25) is 5.02 Å². The number of nitrogens with one attached hydrogen (secondary N) is 2. The second-order valence-corrected chi connectivity index (χ2v) is 8.88. The van der Waals surface area contributed by atoms with Gasteiger partial charge in [0.2, 0.25) is 5.91 Å². The van der Waals surface area contributed by atoms with Crippen LogP contribution in [0.25, 0.3) is 0 Å². The molecule has 1 atom stereocenters. The molecule has 2 N–H and O–H groups in total. The van der Waals surface area contributed by atoms with Gasteiger partial charge in [0.1, 0.15) is 12.4 Å². The fraction of sp³-hybridized carbons (Fsp3) is 0.192. The summed E-state index contributed by atoms with van der Waals surface area (Å²) in [6.07, 6.45) is 1.48. The average molecular weight is 510 g/mol. The molecule has 0 radical (unpaired) electrons. The third kappa shape index (κ3) is 6.47. The number of carbonyl (C=O) groups excluding carboxylic acids is 2. The van der Waals surface area contributed by atoms with Crippen LogP contribution in [0.15, 0.2) is 83.1 Å². The maximum atomic E-state index is 12.9. The van der Waals surface area contributed by atoms with Gasteiger partial charge in [-0.1, -0.05) is 48.2 Å². The maximum absolute atomic E-state index is 12.9. The van der Waals surface area contributed by atoms with Gasteiger partial charge in [-0.15, -0.1) is 0 Å². The number of dihydropyridines is 1. The van der Waals surface area contributed by atoms with Crippen molar-refractivity contribution < 1.29 is 19.1 Å². The van der Waals surface area contributed by atoms with Crippen molar-refractivity contribution in [3.63, 3.8) is 0 Å². The normalized spacial score (nSPS) is 15.1. The Labute approximate surface area is 213 Å². The van der Waals surface area contributed by atoms with Gasteiger partial charge in [-0.2, -0.15) is 5.26 Å². The van der Waals surface area contributed by atoms with Crippen molar-refractivity contribution in [2.24, 2.45) is 0 Å². The van der Waals surface area contributed by atoms with Gasteiger partial charge in [0.15, 0.2) is 0 Å². The first-order valence-electron chi connectivity index (χ1n) is 10.6. The molecule has 35 heavy (non-hydrogen) atoms. The molecular weight excluding hydrogens is 486 g/mol. The number of ether oxygens (including phenoxy) is 2. The fourth-order valence-corrected chi connectivity index (χ4v) is 4.52. The minimum Gasteiger partial charge on any atom is -0.497 e. The highest BCUT2D eigenvalue weighted by molar-refractivity contribution is 8.03. The van der Waals surface area contributed by atoms with Crippen LogP contribution < -0.4 is 15.4 Å². The molecule has 1 aliphatic rings. The molecule has 180 valence electrons. The van der Waals surface area contributed by atoms with Gasteiger partial charge in [0.05, 0.1) is 41.0 Å². The Balaban J connectivity index is 1.86. The van der Waals surface area contributed by atoms with Gasteiger partial charge in [-0.05, 0) is 48.9 Å². The van der Waals surface area contributed by atoms with E-state index >= 15 is 0 Å². The molecule has 3 rings (SSSR count). The molecule has 0 aliphatic carbocycles. The lowest BCUT2D eigenvalue weighted by molar-refractivity contribution is -0.138. The molecule has 2 aromatic rings. The summed E-state index contributed by atoms with van der Waals surface area (Å²) in [5.41, 5.74) is 2.50. The lowest BCUT2D eigenvalue weighted by atomic mass is 9.82. The van der Waals surface area contributed by atoms with E-state index in [0.717, 1.165) is 0 Å². The monoisotopic (exact) mass is 509 g/mol. The van der Waals surface area contributed by atoms with Gasteiger partial charge in [-0.3, -0.25) is 4.79 Å². The topological polar surface area (TPSA) is 100 Å². The van der Waals surface area contributed by atoms with E-state index < -0.39 is 11.9 Å². The third-order valence-electron chi connectivity index (χ3n) is 5.12. The summed E-state index contributed by atoms with van der Waals surface area (Å²) in [4.78, 5) is 25.5. The van der Waals surface area contributed by atoms with Gasteiger partial charge in [0, 0.05) is 16.4 Å². The van der Waals surface area contributed by atoms with Gasteiger partial charge in [0.25, 0.3) is 0 Å². The number of carbonyl (C=O) groups is 2. The van der Waals surface area contributed by atoms with E-state index in [1.807, 2.05) is 0 Å². The molecule has 9 heteroatoms. The number of halogens is 1. The minimum absolute atomic E-state index is 0.0433. The predicted molar refractivity (Wildman–Crippen MR) is 138 cm³/mol. The first kappa shape index (κ1) is 25.9. The van der Waals surface area contributed by atoms with Gasteiger partial charge >= 0.3 is 5.97 Å². The number of amides is 1. The average Bonchev–Trinajstić information content (AvgIpc) is 2.86. The minimum atomic E-state index is -0.678. The summed E-state index contributed by atoms with van der Waals surface area (Å²) in [6, 6.07) is 16.1. The number of thioether (sulfide) groups is 1. The van der Waals surface area contributed by atoms with E-state index in [0.29, 0.717) is 43.9 Å². The molecular formula is C26H24ClN3O4S. The van der Waals surface area contributed by atoms with Crippen LogP contribution in [0.4, 0.5) is 5.69 Å². The number of rotatable bonds is 9. The van der Waals surface area contributed by atoms with Crippen LogP contribution in [0.5, 0.6) is 5.75 Å². The van der Waals surface area contributed by atoms with Crippen molar-refractivity contribution in [2.75, 3.05) is 24.8 Å². The zero-order valence-electron chi connectivity index (χ0n) is 19.3. The number of anilines is 1. The Morgan fingerprint density at radius 3 is 2.51 bits per heavy atom. The molecule has 0 saturated heterocycles. The fourth-order valence-electron chi connectivity index (χ4n) is 3.51. The molecule has 1 amide bonds. The zero-order valence-corrected chi connectivity index (χ0v) is 20.8. The number of methoxy groups -OCH3 is 1. The number of hydrogen-bond acceptors (Lipinski definition) is 7. The zero-order chi connectivity index (χ0) is 25.4. The Morgan fingerprint density at radius 1 is 1.23 bits per heavy atom. The van der Waals surface area contributed by atoms with Crippen molar-refractivity contribution in [1.29, 1.82) is 5.26 Å². The van der Waals surface area contributed by atoms with Crippen LogP contribution in [-0.4, -0.2) is 31.3 Å². The van der Waals surface area contributed by atoms with Crippen molar-refractivity contribution >= 4 is 40.9 Å². The Hall–Kier alpha value is -3.67. The molecule has 0 fully saturated rings. The molecule has 1 heterocycles. The second-order valence-electron chi connectivity index (χ2n) is 7.46. The maximum Gasteiger partial charge on any atom is 0.337 e.